The summed E-state index contributed by atoms with van der Waals surface area (Å²) in [5.74, 6) is -0.357. The van der Waals surface area contributed by atoms with E-state index in [1.807, 2.05) is 24.0 Å². The number of benzene rings is 1. The van der Waals surface area contributed by atoms with Gasteiger partial charge in [0, 0.05) is 24.9 Å². The van der Waals surface area contributed by atoms with Gasteiger partial charge in [0.2, 0.25) is 0 Å². The largest absolute Gasteiger partial charge is 0.378 e. The maximum Gasteiger partial charge on any atom is 0.378 e. The number of amides is 1. The van der Waals surface area contributed by atoms with Crippen molar-refractivity contribution in [2.75, 3.05) is 39.5 Å². The molecule has 0 atom stereocenters. The van der Waals surface area contributed by atoms with Gasteiger partial charge in [0.25, 0.3) is 5.91 Å². The average molecular weight is 382 g/mol. The highest BCUT2D eigenvalue weighted by molar-refractivity contribution is 7.58. The molecule has 1 fully saturated rings. The molecule has 1 amide bonds. The SMILES string of the molecule is CCOP(=O)(OCC)/C(=C\N1CCOCC1)NC(=O)c1ccc(C)cc1. The molecule has 1 aromatic carbocycles. The summed E-state index contributed by atoms with van der Waals surface area (Å²) >= 11 is 0. The van der Waals surface area contributed by atoms with Gasteiger partial charge in [-0.15, -0.1) is 0 Å². The fraction of sp³-hybridized carbons (Fsp3) is 0.500. The van der Waals surface area contributed by atoms with Gasteiger partial charge in [-0.1, -0.05) is 17.7 Å². The van der Waals surface area contributed by atoms with Crippen molar-refractivity contribution >= 4 is 13.5 Å². The lowest BCUT2D eigenvalue weighted by Crippen LogP contribution is -2.34. The first-order valence-corrected chi connectivity index (χ1v) is 10.3. The third-order valence-corrected chi connectivity index (χ3v) is 5.81. The van der Waals surface area contributed by atoms with E-state index >= 15 is 0 Å². The van der Waals surface area contributed by atoms with Gasteiger partial charge in [0.15, 0.2) is 0 Å². The molecule has 1 saturated heterocycles. The molecule has 1 aliphatic heterocycles. The van der Waals surface area contributed by atoms with Crippen LogP contribution in [0.5, 0.6) is 0 Å². The quantitative estimate of drug-likeness (QED) is 0.696. The van der Waals surface area contributed by atoms with Crippen molar-refractivity contribution in [1.82, 2.24) is 10.2 Å². The van der Waals surface area contributed by atoms with E-state index in [2.05, 4.69) is 5.32 Å². The number of hydrogen-bond acceptors (Lipinski definition) is 6. The zero-order valence-corrected chi connectivity index (χ0v) is 16.5. The Bertz CT molecular complexity index is 659. The second-order valence-corrected chi connectivity index (χ2v) is 7.81. The second kappa shape index (κ2) is 9.88. The highest BCUT2D eigenvalue weighted by atomic mass is 31.2. The van der Waals surface area contributed by atoms with Crippen LogP contribution >= 0.6 is 7.60 Å². The third-order valence-electron chi connectivity index (χ3n) is 3.80. The molecule has 0 spiro atoms. The number of rotatable bonds is 8. The van der Waals surface area contributed by atoms with Crippen LogP contribution in [0.25, 0.3) is 0 Å². The summed E-state index contributed by atoms with van der Waals surface area (Å²) in [6, 6.07) is 7.16. The Morgan fingerprint density at radius 2 is 1.77 bits per heavy atom. The lowest BCUT2D eigenvalue weighted by Gasteiger charge is -2.28. The van der Waals surface area contributed by atoms with Crippen LogP contribution in [-0.4, -0.2) is 50.3 Å². The number of hydrogen-bond donors (Lipinski definition) is 1. The molecule has 0 radical (unpaired) electrons. The highest BCUT2D eigenvalue weighted by Gasteiger charge is 2.32. The molecule has 0 aliphatic carbocycles. The van der Waals surface area contributed by atoms with Crippen molar-refractivity contribution in [2.45, 2.75) is 20.8 Å². The number of aryl methyl sites for hydroxylation is 1. The Balaban J connectivity index is 2.29. The summed E-state index contributed by atoms with van der Waals surface area (Å²) in [5, 5.41) is 2.74. The molecule has 0 unspecified atom stereocenters. The molecular formula is C18H27N2O5P. The van der Waals surface area contributed by atoms with Crippen molar-refractivity contribution < 1.29 is 23.1 Å². The van der Waals surface area contributed by atoms with Gasteiger partial charge >= 0.3 is 7.60 Å². The summed E-state index contributed by atoms with van der Waals surface area (Å²) in [7, 11) is -3.63. The smallest absolute Gasteiger partial charge is 0.378 e. The van der Waals surface area contributed by atoms with Crippen LogP contribution in [0.1, 0.15) is 29.8 Å². The van der Waals surface area contributed by atoms with E-state index in [0.29, 0.717) is 31.9 Å². The first kappa shape index (κ1) is 20.6. The van der Waals surface area contributed by atoms with Gasteiger partial charge in [-0.25, -0.2) is 0 Å². The van der Waals surface area contributed by atoms with Crippen LogP contribution < -0.4 is 5.32 Å². The lowest BCUT2D eigenvalue weighted by molar-refractivity contribution is 0.0588. The Morgan fingerprint density at radius 3 is 2.31 bits per heavy atom. The summed E-state index contributed by atoms with van der Waals surface area (Å²) in [5.41, 5.74) is 1.68. The number of morpholine rings is 1. The predicted molar refractivity (Wildman–Crippen MR) is 100.0 cm³/mol. The van der Waals surface area contributed by atoms with Crippen LogP contribution in [0.15, 0.2) is 35.9 Å². The molecule has 8 heteroatoms. The van der Waals surface area contributed by atoms with Crippen molar-refractivity contribution in [2.24, 2.45) is 0 Å². The van der Waals surface area contributed by atoms with E-state index < -0.39 is 7.60 Å². The average Bonchev–Trinajstić information content (AvgIpc) is 2.63. The molecule has 26 heavy (non-hydrogen) atoms. The van der Waals surface area contributed by atoms with Gasteiger partial charge in [0.1, 0.15) is 5.44 Å². The van der Waals surface area contributed by atoms with Crippen LogP contribution in [0.4, 0.5) is 0 Å². The van der Waals surface area contributed by atoms with Gasteiger partial charge in [-0.3, -0.25) is 9.36 Å². The number of ether oxygens (including phenoxy) is 1. The fourth-order valence-electron chi connectivity index (χ4n) is 2.46. The van der Waals surface area contributed by atoms with Crippen LogP contribution in [-0.2, 0) is 18.3 Å². The molecule has 0 saturated carbocycles. The van der Waals surface area contributed by atoms with E-state index in [0.717, 1.165) is 5.56 Å². The number of carbonyl (C=O) groups excluding carboxylic acids is 1. The van der Waals surface area contributed by atoms with E-state index in [9.17, 15) is 9.36 Å². The first-order valence-electron chi connectivity index (χ1n) is 8.80. The molecule has 1 aromatic rings. The molecule has 7 nitrogen and oxygen atoms in total. The summed E-state index contributed by atoms with van der Waals surface area (Å²) < 4.78 is 29.4. The van der Waals surface area contributed by atoms with Gasteiger partial charge in [0.05, 0.1) is 26.4 Å². The standard InChI is InChI=1S/C18H27N2O5P/c1-4-24-26(22,25-5-2)17(14-20-10-12-23-13-11-20)19-18(21)16-8-6-15(3)7-9-16/h6-9,14H,4-5,10-13H2,1-3H3,(H,19,21)/b17-14-. The minimum Gasteiger partial charge on any atom is -0.378 e. The Hall–Kier alpha value is -1.66. The van der Waals surface area contributed by atoms with Crippen molar-refractivity contribution in [3.8, 4) is 0 Å². The Kier molecular flexibility index (Phi) is 7.85. The molecule has 1 heterocycles. The summed E-state index contributed by atoms with van der Waals surface area (Å²) in [4.78, 5) is 14.6. The zero-order chi connectivity index (χ0) is 19.0. The maximum absolute atomic E-state index is 13.2. The molecule has 2 rings (SSSR count). The predicted octanol–water partition coefficient (Wildman–Crippen LogP) is 3.12. The van der Waals surface area contributed by atoms with Crippen LogP contribution in [0, 0.1) is 6.92 Å². The Morgan fingerprint density at radius 1 is 1.19 bits per heavy atom. The van der Waals surface area contributed by atoms with E-state index in [4.69, 9.17) is 13.8 Å². The van der Waals surface area contributed by atoms with Gasteiger partial charge in [-0.05, 0) is 32.9 Å². The minimum atomic E-state index is -3.63. The van der Waals surface area contributed by atoms with E-state index in [-0.39, 0.29) is 24.6 Å². The number of nitrogens with zero attached hydrogens (tertiary/aromatic N) is 1. The fourth-order valence-corrected chi connectivity index (χ4v) is 4.04. The van der Waals surface area contributed by atoms with Gasteiger partial charge < -0.3 is 24.0 Å². The molecule has 1 N–H and O–H groups in total. The number of carbonyl (C=O) groups is 1. The topological polar surface area (TPSA) is 77.1 Å². The normalized spacial score (nSPS) is 15.8. The van der Waals surface area contributed by atoms with E-state index in [1.165, 1.54) is 0 Å². The second-order valence-electron chi connectivity index (χ2n) is 5.82. The van der Waals surface area contributed by atoms with Crippen molar-refractivity contribution in [1.29, 1.82) is 0 Å². The van der Waals surface area contributed by atoms with Crippen LogP contribution in [0.3, 0.4) is 0 Å². The summed E-state index contributed by atoms with van der Waals surface area (Å²) in [6.45, 7) is 8.26. The molecular weight excluding hydrogens is 355 g/mol. The van der Waals surface area contributed by atoms with Crippen LogP contribution in [0.2, 0.25) is 0 Å². The lowest BCUT2D eigenvalue weighted by atomic mass is 10.1. The third kappa shape index (κ3) is 5.68. The zero-order valence-electron chi connectivity index (χ0n) is 15.6. The highest BCUT2D eigenvalue weighted by Crippen LogP contribution is 2.54. The van der Waals surface area contributed by atoms with Crippen molar-refractivity contribution in [3.63, 3.8) is 0 Å². The molecule has 1 aliphatic rings. The van der Waals surface area contributed by atoms with Crippen molar-refractivity contribution in [3.05, 3.63) is 47.0 Å². The minimum absolute atomic E-state index is 0.147. The Labute approximate surface area is 154 Å². The maximum atomic E-state index is 13.2. The van der Waals surface area contributed by atoms with Gasteiger partial charge in [-0.2, -0.15) is 0 Å². The first-order chi connectivity index (χ1) is 12.5. The molecule has 144 valence electrons. The molecule has 0 bridgehead atoms. The summed E-state index contributed by atoms with van der Waals surface area (Å²) in [6.07, 6.45) is 1.65. The van der Waals surface area contributed by atoms with E-state index in [1.54, 1.807) is 32.2 Å². The molecule has 0 aromatic heterocycles. The number of nitrogens with one attached hydrogen (secondary N) is 1. The monoisotopic (exact) mass is 382 g/mol.